The molecule has 12 heteroatoms. The van der Waals surface area contributed by atoms with E-state index in [0.717, 1.165) is 28.1 Å². The minimum absolute atomic E-state index is 0.0730. The topological polar surface area (TPSA) is 134 Å². The second-order valence-electron chi connectivity index (χ2n) is 10.2. The number of fused-ring (bicyclic) bond motifs is 1. The van der Waals surface area contributed by atoms with Crippen molar-refractivity contribution in [3.05, 3.63) is 71.5 Å². The zero-order valence-corrected chi connectivity index (χ0v) is 23.5. The number of nitrogens with two attached hydrogens (primary N) is 1. The largest absolute Gasteiger partial charge is 0.369 e. The van der Waals surface area contributed by atoms with Crippen molar-refractivity contribution in [1.29, 1.82) is 0 Å². The van der Waals surface area contributed by atoms with Crippen LogP contribution in [0.3, 0.4) is 0 Å². The van der Waals surface area contributed by atoms with Crippen LogP contribution in [0, 0.1) is 0 Å². The quantitative estimate of drug-likeness (QED) is 0.390. The highest BCUT2D eigenvalue weighted by molar-refractivity contribution is 7.89. The van der Waals surface area contributed by atoms with Crippen LogP contribution in [0.1, 0.15) is 31.7 Å². The highest BCUT2D eigenvalue weighted by Gasteiger charge is 2.46. The summed E-state index contributed by atoms with van der Waals surface area (Å²) >= 11 is 6.05. The SMILES string of the molecule is C[C@@H](C(=O)N(Cc1ccncc1)C1CC1)N1CC[C@H](N(CC(N)=O)S(=O)(=O)c2ccc3cc(Cl)ccc3c2)C1=O. The predicted molar refractivity (Wildman–Crippen MR) is 149 cm³/mol. The van der Waals surface area contributed by atoms with Gasteiger partial charge in [-0.1, -0.05) is 23.7 Å². The Balaban J connectivity index is 1.38. The second kappa shape index (κ2) is 11.1. The molecule has 2 atom stereocenters. The first-order valence-corrected chi connectivity index (χ1v) is 14.9. The number of nitrogens with zero attached hydrogens (tertiary/aromatic N) is 4. The highest BCUT2D eigenvalue weighted by atomic mass is 35.5. The minimum atomic E-state index is -4.29. The van der Waals surface area contributed by atoms with E-state index in [1.54, 1.807) is 48.5 Å². The fraction of sp³-hybridized carbons (Fsp3) is 0.357. The van der Waals surface area contributed by atoms with Gasteiger partial charge in [-0.05, 0) is 78.9 Å². The summed E-state index contributed by atoms with van der Waals surface area (Å²) in [5.74, 6) is -1.62. The minimum Gasteiger partial charge on any atom is -0.369 e. The molecule has 2 heterocycles. The van der Waals surface area contributed by atoms with Crippen molar-refractivity contribution in [2.45, 2.75) is 55.8 Å². The Bertz CT molecular complexity index is 1560. The van der Waals surface area contributed by atoms with E-state index in [9.17, 15) is 22.8 Å². The number of primary amides is 1. The number of likely N-dealkylation sites (tertiary alicyclic amines) is 1. The summed E-state index contributed by atoms with van der Waals surface area (Å²) in [7, 11) is -4.29. The monoisotopic (exact) mass is 583 g/mol. The summed E-state index contributed by atoms with van der Waals surface area (Å²) in [4.78, 5) is 46.3. The van der Waals surface area contributed by atoms with Crippen LogP contribution < -0.4 is 5.73 Å². The van der Waals surface area contributed by atoms with Crippen LogP contribution >= 0.6 is 11.6 Å². The summed E-state index contributed by atoms with van der Waals surface area (Å²) in [6, 6.07) is 11.4. The van der Waals surface area contributed by atoms with Crippen LogP contribution in [0.15, 0.2) is 65.8 Å². The van der Waals surface area contributed by atoms with Gasteiger partial charge in [0.15, 0.2) is 0 Å². The zero-order chi connectivity index (χ0) is 28.6. The van der Waals surface area contributed by atoms with Crippen molar-refractivity contribution in [2.75, 3.05) is 13.1 Å². The number of rotatable bonds is 10. The third-order valence-electron chi connectivity index (χ3n) is 7.45. The lowest BCUT2D eigenvalue weighted by atomic mass is 10.1. The molecule has 1 aliphatic carbocycles. The van der Waals surface area contributed by atoms with E-state index in [1.165, 1.54) is 17.0 Å². The first-order chi connectivity index (χ1) is 19.1. The summed E-state index contributed by atoms with van der Waals surface area (Å²) in [6.45, 7) is 1.57. The van der Waals surface area contributed by atoms with Gasteiger partial charge >= 0.3 is 0 Å². The summed E-state index contributed by atoms with van der Waals surface area (Å²) < 4.78 is 28.4. The van der Waals surface area contributed by atoms with Crippen molar-refractivity contribution in [2.24, 2.45) is 5.73 Å². The van der Waals surface area contributed by atoms with Gasteiger partial charge in [0.05, 0.1) is 11.4 Å². The maximum atomic E-state index is 13.8. The number of sulfonamides is 1. The Kier molecular flexibility index (Phi) is 7.80. The number of carbonyl (C=O) groups excluding carboxylic acids is 3. The summed E-state index contributed by atoms with van der Waals surface area (Å²) in [5.41, 5.74) is 6.37. The van der Waals surface area contributed by atoms with E-state index in [1.807, 2.05) is 12.1 Å². The van der Waals surface area contributed by atoms with Gasteiger partial charge < -0.3 is 15.5 Å². The number of benzene rings is 2. The molecule has 2 fully saturated rings. The van der Waals surface area contributed by atoms with Crippen LogP contribution in [0.4, 0.5) is 0 Å². The molecule has 1 aliphatic heterocycles. The van der Waals surface area contributed by atoms with Crippen LogP contribution in [0.2, 0.25) is 5.02 Å². The molecule has 0 spiro atoms. The lowest BCUT2D eigenvalue weighted by Crippen LogP contribution is -2.52. The molecule has 3 amide bonds. The Morgan fingerprint density at radius 1 is 1.07 bits per heavy atom. The Labute approximate surface area is 237 Å². The molecule has 2 aromatic carbocycles. The first kappa shape index (κ1) is 28.0. The van der Waals surface area contributed by atoms with E-state index < -0.39 is 40.5 Å². The average Bonchev–Trinajstić information content (AvgIpc) is 3.71. The van der Waals surface area contributed by atoms with Crippen LogP contribution in [-0.2, 0) is 31.0 Å². The van der Waals surface area contributed by atoms with Crippen LogP contribution in [0.5, 0.6) is 0 Å². The van der Waals surface area contributed by atoms with Crippen LogP contribution in [0.25, 0.3) is 10.8 Å². The van der Waals surface area contributed by atoms with Gasteiger partial charge in [-0.15, -0.1) is 0 Å². The highest BCUT2D eigenvalue weighted by Crippen LogP contribution is 2.32. The molecule has 40 heavy (non-hydrogen) atoms. The number of pyridine rings is 1. The smallest absolute Gasteiger partial charge is 0.245 e. The fourth-order valence-electron chi connectivity index (χ4n) is 5.18. The predicted octanol–water partition coefficient (Wildman–Crippen LogP) is 2.54. The van der Waals surface area contributed by atoms with Crippen LogP contribution in [-0.4, -0.2) is 76.4 Å². The van der Waals surface area contributed by atoms with Crippen molar-refractivity contribution in [3.63, 3.8) is 0 Å². The van der Waals surface area contributed by atoms with Crippen molar-refractivity contribution in [3.8, 4) is 0 Å². The van der Waals surface area contributed by atoms with Gasteiger partial charge in [0.2, 0.25) is 27.7 Å². The van der Waals surface area contributed by atoms with Gasteiger partial charge in [0, 0.05) is 36.5 Å². The maximum Gasteiger partial charge on any atom is 0.245 e. The van der Waals surface area contributed by atoms with Crippen molar-refractivity contribution in [1.82, 2.24) is 19.1 Å². The number of hydrogen-bond acceptors (Lipinski definition) is 6. The molecule has 1 saturated carbocycles. The fourth-order valence-corrected chi connectivity index (χ4v) is 6.97. The lowest BCUT2D eigenvalue weighted by Gasteiger charge is -2.32. The number of hydrogen-bond donors (Lipinski definition) is 1. The summed E-state index contributed by atoms with van der Waals surface area (Å²) in [6.07, 6.45) is 5.24. The van der Waals surface area contributed by atoms with Gasteiger partial charge in [-0.25, -0.2) is 8.42 Å². The van der Waals surface area contributed by atoms with E-state index in [2.05, 4.69) is 4.98 Å². The third kappa shape index (κ3) is 5.67. The number of aromatic nitrogens is 1. The molecule has 0 unspecified atom stereocenters. The molecular formula is C28H30ClN5O5S. The Morgan fingerprint density at radius 3 is 2.42 bits per heavy atom. The normalized spacial score (nSPS) is 18.3. The zero-order valence-electron chi connectivity index (χ0n) is 21.9. The molecule has 1 aromatic heterocycles. The molecular weight excluding hydrogens is 554 g/mol. The van der Waals surface area contributed by atoms with E-state index >= 15 is 0 Å². The standard InChI is InChI=1S/C28H30ClN5O5S/c1-18(27(36)33(23-5-6-23)16-19-8-11-31-12-9-19)32-13-10-25(28(32)37)34(17-26(30)35)40(38,39)24-7-3-20-14-22(29)4-2-21(20)15-24/h2-4,7-9,11-12,14-15,18,23,25H,5-6,10,13,16-17H2,1H3,(H2,30,35)/t18-,25-/m0/s1. The number of amides is 3. The Morgan fingerprint density at radius 2 is 1.75 bits per heavy atom. The molecule has 210 valence electrons. The number of carbonyl (C=O) groups is 3. The van der Waals surface area contributed by atoms with Gasteiger partial charge in [-0.2, -0.15) is 4.31 Å². The maximum absolute atomic E-state index is 13.8. The molecule has 0 bridgehead atoms. The molecule has 0 radical (unpaired) electrons. The first-order valence-electron chi connectivity index (χ1n) is 13.1. The van der Waals surface area contributed by atoms with E-state index in [4.69, 9.17) is 17.3 Å². The van der Waals surface area contributed by atoms with Crippen molar-refractivity contribution < 1.29 is 22.8 Å². The summed E-state index contributed by atoms with van der Waals surface area (Å²) in [5, 5.41) is 1.90. The number of halogens is 1. The molecule has 1 saturated heterocycles. The Hall–Kier alpha value is -3.54. The second-order valence-corrected chi connectivity index (χ2v) is 12.6. The van der Waals surface area contributed by atoms with E-state index in [0.29, 0.717) is 17.0 Å². The third-order valence-corrected chi connectivity index (χ3v) is 9.53. The molecule has 2 N–H and O–H groups in total. The average molecular weight is 584 g/mol. The molecule has 10 nitrogen and oxygen atoms in total. The lowest BCUT2D eigenvalue weighted by molar-refractivity contribution is -0.144. The van der Waals surface area contributed by atoms with Crippen molar-refractivity contribution >= 4 is 50.1 Å². The van der Waals surface area contributed by atoms with E-state index in [-0.39, 0.29) is 29.8 Å². The van der Waals surface area contributed by atoms with Gasteiger partial charge in [0.25, 0.3) is 0 Å². The molecule has 3 aromatic rings. The van der Waals surface area contributed by atoms with Gasteiger partial charge in [-0.3, -0.25) is 19.4 Å². The van der Waals surface area contributed by atoms with Gasteiger partial charge in [0.1, 0.15) is 12.1 Å². The molecule has 5 rings (SSSR count). The molecule has 2 aliphatic rings.